The second-order valence-electron chi connectivity index (χ2n) is 3.32. The number of phenols is 1. The first-order valence-corrected chi connectivity index (χ1v) is 6.15. The fourth-order valence-electron chi connectivity index (χ4n) is 1.57. The molecule has 4 N–H and O–H groups in total. The molecule has 1 amide bonds. The molecule has 0 aliphatic heterocycles. The monoisotopic (exact) mass is 290 g/mol. The number of amides is 1. The number of carbonyl (C=O) groups excluding carboxylic acids is 1. The maximum atomic E-state index is 11.4. The highest BCUT2D eigenvalue weighted by Gasteiger charge is 2.21. The second kappa shape index (κ2) is 4.25. The Morgan fingerprint density at radius 2 is 2.18 bits per heavy atom. The first-order valence-electron chi connectivity index (χ1n) is 4.58. The van der Waals surface area contributed by atoms with E-state index in [1.165, 1.54) is 17.4 Å². The fraction of sp³-hybridized carbons (Fsp3) is 0.100. The van der Waals surface area contributed by atoms with Crippen LogP contribution in [0.15, 0.2) is 6.07 Å². The molecule has 0 fully saturated rings. The summed E-state index contributed by atoms with van der Waals surface area (Å²) in [4.78, 5) is 11.4. The van der Waals surface area contributed by atoms with Gasteiger partial charge in [-0.1, -0.05) is 23.2 Å². The van der Waals surface area contributed by atoms with Crippen molar-refractivity contribution in [1.82, 2.24) is 0 Å². The Kier molecular flexibility index (Phi) is 3.07. The molecule has 17 heavy (non-hydrogen) atoms. The molecule has 0 aliphatic rings. The number of halogens is 2. The van der Waals surface area contributed by atoms with Crippen molar-refractivity contribution >= 4 is 55.5 Å². The van der Waals surface area contributed by atoms with Crippen molar-refractivity contribution in [2.45, 2.75) is 0 Å². The summed E-state index contributed by atoms with van der Waals surface area (Å²) in [6, 6.07) is 1.48. The first kappa shape index (κ1) is 12.3. The fourth-order valence-corrected chi connectivity index (χ4v) is 3.22. The molecule has 0 saturated carbocycles. The van der Waals surface area contributed by atoms with Gasteiger partial charge >= 0.3 is 0 Å². The lowest BCUT2D eigenvalue weighted by Crippen LogP contribution is -2.12. The van der Waals surface area contributed by atoms with Crippen molar-refractivity contribution in [2.75, 3.05) is 12.4 Å². The molecule has 7 heteroatoms. The molecule has 4 nitrogen and oxygen atoms in total. The van der Waals surface area contributed by atoms with Crippen LogP contribution in [-0.4, -0.2) is 18.1 Å². The highest BCUT2D eigenvalue weighted by Crippen LogP contribution is 2.45. The summed E-state index contributed by atoms with van der Waals surface area (Å²) in [5.74, 6) is -0.765. The number of rotatable bonds is 2. The standard InChI is InChI=1S/C10H8Cl2N2O2S/c1-14-10-5(9(13)16)3-2-4(11)7(15)6(12)8(3)17-10/h2,14-15H,1H3,(H2,13,16). The number of aromatic hydroxyl groups is 1. The van der Waals surface area contributed by atoms with Crippen molar-refractivity contribution in [3.8, 4) is 5.75 Å². The van der Waals surface area contributed by atoms with Crippen molar-refractivity contribution < 1.29 is 9.90 Å². The van der Waals surface area contributed by atoms with Gasteiger partial charge < -0.3 is 16.2 Å². The van der Waals surface area contributed by atoms with Gasteiger partial charge in [0.1, 0.15) is 10.0 Å². The van der Waals surface area contributed by atoms with Gasteiger partial charge in [0.05, 0.1) is 15.3 Å². The number of hydrogen-bond acceptors (Lipinski definition) is 4. The molecular formula is C10H8Cl2N2O2S. The number of phenolic OH excluding ortho intramolecular Hbond substituents is 1. The SMILES string of the molecule is CNc1sc2c(Cl)c(O)c(Cl)cc2c1C(N)=O. The summed E-state index contributed by atoms with van der Waals surface area (Å²) in [6.07, 6.45) is 0. The van der Waals surface area contributed by atoms with Gasteiger partial charge in [-0.2, -0.15) is 0 Å². The molecule has 1 aromatic carbocycles. The lowest BCUT2D eigenvalue weighted by molar-refractivity contribution is 0.100. The van der Waals surface area contributed by atoms with Crippen LogP contribution < -0.4 is 11.1 Å². The Hall–Kier alpha value is -1.17. The van der Waals surface area contributed by atoms with E-state index in [0.717, 1.165) is 0 Å². The van der Waals surface area contributed by atoms with Crippen LogP contribution in [0.25, 0.3) is 10.1 Å². The number of anilines is 1. The van der Waals surface area contributed by atoms with Crippen LogP contribution in [-0.2, 0) is 0 Å². The van der Waals surface area contributed by atoms with Gasteiger partial charge in [0.25, 0.3) is 5.91 Å². The zero-order valence-corrected chi connectivity index (χ0v) is 11.0. The molecule has 1 aromatic heterocycles. The van der Waals surface area contributed by atoms with Gasteiger partial charge in [-0.15, -0.1) is 11.3 Å². The Bertz CT molecular complexity index is 625. The van der Waals surface area contributed by atoms with Gasteiger partial charge in [-0.25, -0.2) is 0 Å². The van der Waals surface area contributed by atoms with E-state index in [9.17, 15) is 9.90 Å². The molecule has 0 radical (unpaired) electrons. The lowest BCUT2D eigenvalue weighted by Gasteiger charge is -2.02. The lowest BCUT2D eigenvalue weighted by atomic mass is 10.1. The number of hydrogen-bond donors (Lipinski definition) is 3. The molecule has 0 atom stereocenters. The summed E-state index contributed by atoms with van der Waals surface area (Å²) < 4.78 is 0.576. The van der Waals surface area contributed by atoms with E-state index in [1.807, 2.05) is 0 Å². The minimum atomic E-state index is -0.571. The topological polar surface area (TPSA) is 75.3 Å². The zero-order valence-electron chi connectivity index (χ0n) is 8.67. The summed E-state index contributed by atoms with van der Waals surface area (Å²) in [5, 5.41) is 13.8. The molecular weight excluding hydrogens is 283 g/mol. The van der Waals surface area contributed by atoms with E-state index >= 15 is 0 Å². The zero-order chi connectivity index (χ0) is 12.7. The van der Waals surface area contributed by atoms with Gasteiger partial charge in [0.15, 0.2) is 5.75 Å². The number of benzene rings is 1. The minimum Gasteiger partial charge on any atom is -0.505 e. The van der Waals surface area contributed by atoms with E-state index in [0.29, 0.717) is 20.7 Å². The average Bonchev–Trinajstić information content (AvgIpc) is 2.64. The Balaban J connectivity index is 2.94. The maximum absolute atomic E-state index is 11.4. The highest BCUT2D eigenvalue weighted by molar-refractivity contribution is 7.24. The number of nitrogens with one attached hydrogen (secondary N) is 1. The van der Waals surface area contributed by atoms with Gasteiger partial charge in [0.2, 0.25) is 0 Å². The summed E-state index contributed by atoms with van der Waals surface area (Å²) in [5.41, 5.74) is 5.65. The first-order chi connectivity index (χ1) is 7.97. The molecule has 2 aromatic rings. The van der Waals surface area contributed by atoms with E-state index in [1.54, 1.807) is 7.05 Å². The molecule has 0 aliphatic carbocycles. The predicted octanol–water partition coefficient (Wildman–Crippen LogP) is 3.05. The van der Waals surface area contributed by atoms with Crippen LogP contribution in [0.5, 0.6) is 5.75 Å². The van der Waals surface area contributed by atoms with Gasteiger partial charge in [-0.3, -0.25) is 4.79 Å². The van der Waals surface area contributed by atoms with Crippen molar-refractivity contribution in [3.63, 3.8) is 0 Å². The Morgan fingerprint density at radius 1 is 1.53 bits per heavy atom. The molecule has 1 heterocycles. The average molecular weight is 291 g/mol. The van der Waals surface area contributed by atoms with E-state index in [4.69, 9.17) is 28.9 Å². The van der Waals surface area contributed by atoms with Crippen LogP contribution >= 0.6 is 34.5 Å². The van der Waals surface area contributed by atoms with E-state index < -0.39 is 5.91 Å². The molecule has 0 bridgehead atoms. The molecule has 0 saturated heterocycles. The number of nitrogens with two attached hydrogens (primary N) is 1. The smallest absolute Gasteiger partial charge is 0.252 e. The third-order valence-corrected chi connectivity index (χ3v) is 4.33. The predicted molar refractivity (Wildman–Crippen MR) is 71.6 cm³/mol. The van der Waals surface area contributed by atoms with Gasteiger partial charge in [-0.05, 0) is 6.07 Å². The van der Waals surface area contributed by atoms with Crippen LogP contribution in [0, 0.1) is 0 Å². The molecule has 90 valence electrons. The third-order valence-electron chi connectivity index (χ3n) is 2.32. The number of primary amides is 1. The van der Waals surface area contributed by atoms with Crippen molar-refractivity contribution in [1.29, 1.82) is 0 Å². The van der Waals surface area contributed by atoms with Crippen LogP contribution in [0.4, 0.5) is 5.00 Å². The summed E-state index contributed by atoms with van der Waals surface area (Å²) >= 11 is 13.0. The highest BCUT2D eigenvalue weighted by atomic mass is 35.5. The van der Waals surface area contributed by atoms with Crippen LogP contribution in [0.1, 0.15) is 10.4 Å². The Labute approximate surface area is 111 Å². The second-order valence-corrected chi connectivity index (χ2v) is 5.12. The van der Waals surface area contributed by atoms with Crippen LogP contribution in [0.2, 0.25) is 10.0 Å². The summed E-state index contributed by atoms with van der Waals surface area (Å²) in [6.45, 7) is 0. The number of carbonyl (C=O) groups is 1. The number of thiophene rings is 1. The van der Waals surface area contributed by atoms with Crippen LogP contribution in [0.3, 0.4) is 0 Å². The normalized spacial score (nSPS) is 10.8. The maximum Gasteiger partial charge on any atom is 0.252 e. The van der Waals surface area contributed by atoms with Crippen molar-refractivity contribution in [2.24, 2.45) is 5.73 Å². The largest absolute Gasteiger partial charge is 0.505 e. The van der Waals surface area contributed by atoms with E-state index in [2.05, 4.69) is 5.32 Å². The van der Waals surface area contributed by atoms with Crippen molar-refractivity contribution in [3.05, 3.63) is 21.7 Å². The minimum absolute atomic E-state index is 0.0884. The van der Waals surface area contributed by atoms with Gasteiger partial charge in [0, 0.05) is 12.4 Å². The third kappa shape index (κ3) is 1.80. The number of fused-ring (bicyclic) bond motifs is 1. The quantitative estimate of drug-likeness (QED) is 0.796. The molecule has 2 rings (SSSR count). The summed E-state index contributed by atoms with van der Waals surface area (Å²) in [7, 11) is 1.67. The molecule has 0 spiro atoms. The van der Waals surface area contributed by atoms with E-state index in [-0.39, 0.29) is 15.8 Å². The molecule has 0 unspecified atom stereocenters. The Morgan fingerprint density at radius 3 is 2.71 bits per heavy atom.